The minimum atomic E-state index is -2.24. The summed E-state index contributed by atoms with van der Waals surface area (Å²) < 4.78 is 81.2. The summed E-state index contributed by atoms with van der Waals surface area (Å²) in [7, 11) is 0. The molecular weight excluding hydrogens is 403 g/mol. The maximum absolute atomic E-state index is 14.5. The fraction of sp³-hybridized carbons (Fsp3) is 0.0435. The van der Waals surface area contributed by atoms with Crippen molar-refractivity contribution in [2.45, 2.75) is 6.29 Å². The Morgan fingerprint density at radius 2 is 0.933 bits per heavy atom. The summed E-state index contributed by atoms with van der Waals surface area (Å²) in [4.78, 5) is 0. The highest BCUT2D eigenvalue weighted by Crippen LogP contribution is 2.43. The predicted molar refractivity (Wildman–Crippen MR) is 99.8 cm³/mol. The van der Waals surface area contributed by atoms with E-state index in [1.807, 2.05) is 0 Å². The molecule has 7 heteroatoms. The fourth-order valence-electron chi connectivity index (χ4n) is 3.37. The van der Waals surface area contributed by atoms with Crippen LogP contribution in [0.25, 0.3) is 23.7 Å². The number of hydrogen-bond donors (Lipinski definition) is 0. The molecule has 2 aliphatic rings. The van der Waals surface area contributed by atoms with Gasteiger partial charge in [-0.3, -0.25) is 0 Å². The first kappa shape index (κ1) is 18.4. The van der Waals surface area contributed by atoms with Crippen LogP contribution in [-0.4, -0.2) is 0 Å². The summed E-state index contributed by atoms with van der Waals surface area (Å²) >= 11 is 0. The highest BCUT2D eigenvalue weighted by molar-refractivity contribution is 5.93. The van der Waals surface area contributed by atoms with Crippen molar-refractivity contribution in [3.63, 3.8) is 0 Å². The molecule has 2 aliphatic carbocycles. The molecule has 0 aliphatic heterocycles. The summed E-state index contributed by atoms with van der Waals surface area (Å²) in [5.41, 5.74) is 1.71. The molecule has 0 fully saturated rings. The molecule has 0 saturated carbocycles. The van der Waals surface area contributed by atoms with Gasteiger partial charge in [0.25, 0.3) is 6.29 Å². The normalized spacial score (nSPS) is 13.5. The van der Waals surface area contributed by atoms with Crippen molar-refractivity contribution in [1.29, 1.82) is 0 Å². The second-order valence-electron chi connectivity index (χ2n) is 6.74. The Balaban J connectivity index is 1.55. The average Bonchev–Trinajstić information content (AvgIpc) is 2.72. The first-order valence-corrected chi connectivity index (χ1v) is 8.92. The molecule has 0 N–H and O–H groups in total. The van der Waals surface area contributed by atoms with Crippen molar-refractivity contribution >= 4 is 23.7 Å². The topological polar surface area (TPSA) is 18.5 Å². The van der Waals surface area contributed by atoms with Gasteiger partial charge in [-0.25, -0.2) is 22.0 Å². The van der Waals surface area contributed by atoms with Gasteiger partial charge in [0.2, 0.25) is 5.82 Å². The van der Waals surface area contributed by atoms with Crippen LogP contribution >= 0.6 is 0 Å². The molecule has 2 nitrogen and oxygen atoms in total. The van der Waals surface area contributed by atoms with Crippen molar-refractivity contribution in [2.24, 2.45) is 0 Å². The second kappa shape index (κ2) is 6.73. The van der Waals surface area contributed by atoms with E-state index in [9.17, 15) is 22.0 Å². The molecule has 0 atom stereocenters. The van der Waals surface area contributed by atoms with E-state index in [0.717, 1.165) is 11.1 Å². The molecule has 0 amide bonds. The summed E-state index contributed by atoms with van der Waals surface area (Å²) in [6.45, 7) is 0. The molecule has 30 heavy (non-hydrogen) atoms. The molecule has 0 radical (unpaired) electrons. The van der Waals surface area contributed by atoms with Crippen LogP contribution < -0.4 is 0 Å². The molecule has 5 rings (SSSR count). The zero-order valence-corrected chi connectivity index (χ0v) is 15.1. The zero-order valence-electron chi connectivity index (χ0n) is 15.1. The van der Waals surface area contributed by atoms with Crippen LogP contribution in [0.2, 0.25) is 0 Å². The lowest BCUT2D eigenvalue weighted by Gasteiger charge is -2.30. The molecule has 150 valence electrons. The minimum Gasteiger partial charge on any atom is -0.450 e. The van der Waals surface area contributed by atoms with E-state index < -0.39 is 40.9 Å². The molecule has 3 aromatic rings. The van der Waals surface area contributed by atoms with Crippen molar-refractivity contribution in [1.82, 2.24) is 0 Å². The van der Waals surface area contributed by atoms with Gasteiger partial charge in [-0.05, 0) is 23.3 Å². The third kappa shape index (κ3) is 2.69. The SMILES string of the molecule is Fc1c(F)c(F)c(C(OC2=Cc3ccccc32)OC2=Cc3ccccc32)c(F)c1F. The first-order valence-electron chi connectivity index (χ1n) is 8.92. The smallest absolute Gasteiger partial charge is 0.273 e. The maximum atomic E-state index is 14.5. The van der Waals surface area contributed by atoms with Gasteiger partial charge in [-0.1, -0.05) is 48.5 Å². The van der Waals surface area contributed by atoms with Gasteiger partial charge in [0, 0.05) is 11.1 Å². The summed E-state index contributed by atoms with van der Waals surface area (Å²) in [5, 5.41) is 0. The van der Waals surface area contributed by atoms with Crippen LogP contribution in [0.5, 0.6) is 0 Å². The van der Waals surface area contributed by atoms with Crippen LogP contribution in [0.1, 0.15) is 34.1 Å². The first-order chi connectivity index (χ1) is 14.5. The number of benzene rings is 3. The lowest BCUT2D eigenvalue weighted by atomic mass is 9.95. The Morgan fingerprint density at radius 1 is 0.533 bits per heavy atom. The van der Waals surface area contributed by atoms with E-state index in [4.69, 9.17) is 9.47 Å². The van der Waals surface area contributed by atoms with Gasteiger partial charge in [0.15, 0.2) is 23.3 Å². The van der Waals surface area contributed by atoms with Crippen molar-refractivity contribution < 1.29 is 31.4 Å². The average molecular weight is 414 g/mol. The van der Waals surface area contributed by atoms with Crippen molar-refractivity contribution in [2.75, 3.05) is 0 Å². The molecule has 0 unspecified atom stereocenters. The predicted octanol–water partition coefficient (Wildman–Crippen LogP) is 6.44. The van der Waals surface area contributed by atoms with E-state index in [-0.39, 0.29) is 11.5 Å². The Hall–Kier alpha value is -3.61. The Bertz CT molecular complexity index is 1170. The Labute approximate surface area is 167 Å². The molecule has 0 aromatic heterocycles. The molecular formula is C23H11F5O2. The molecule has 3 aromatic carbocycles. The third-order valence-corrected chi connectivity index (χ3v) is 4.97. The zero-order chi connectivity index (χ0) is 21.0. The van der Waals surface area contributed by atoms with Crippen LogP contribution in [0.4, 0.5) is 22.0 Å². The van der Waals surface area contributed by atoms with Crippen molar-refractivity contribution in [3.05, 3.63) is 105 Å². The van der Waals surface area contributed by atoms with Crippen LogP contribution in [0.15, 0.2) is 48.5 Å². The van der Waals surface area contributed by atoms with E-state index in [2.05, 4.69) is 0 Å². The summed E-state index contributed by atoms with van der Waals surface area (Å²) in [6, 6.07) is 14.0. The summed E-state index contributed by atoms with van der Waals surface area (Å²) in [6.07, 6.45) is 1.27. The second-order valence-corrected chi connectivity index (χ2v) is 6.74. The van der Waals surface area contributed by atoms with Gasteiger partial charge in [0.1, 0.15) is 17.1 Å². The number of halogens is 5. The number of hydrogen-bond acceptors (Lipinski definition) is 2. The van der Waals surface area contributed by atoms with Crippen LogP contribution in [-0.2, 0) is 9.47 Å². The van der Waals surface area contributed by atoms with E-state index in [1.54, 1.807) is 60.7 Å². The van der Waals surface area contributed by atoms with Crippen molar-refractivity contribution in [3.8, 4) is 0 Å². The Morgan fingerprint density at radius 3 is 1.37 bits per heavy atom. The molecule has 0 saturated heterocycles. The third-order valence-electron chi connectivity index (χ3n) is 4.97. The highest BCUT2D eigenvalue weighted by atomic mass is 19.2. The lowest BCUT2D eigenvalue weighted by Crippen LogP contribution is -2.18. The molecule has 0 heterocycles. The monoisotopic (exact) mass is 414 g/mol. The van der Waals surface area contributed by atoms with Gasteiger partial charge in [-0.15, -0.1) is 0 Å². The largest absolute Gasteiger partial charge is 0.450 e. The standard InChI is InChI=1S/C23H11F5O2/c24-18-17(19(25)21(27)22(28)20(18)26)23(29-15-9-11-5-1-3-7-13(11)15)30-16-10-12-6-2-4-8-14(12)16/h1-10,23H. The maximum Gasteiger partial charge on any atom is 0.273 e. The fourth-order valence-corrected chi connectivity index (χ4v) is 3.37. The Kier molecular flexibility index (Phi) is 4.13. The van der Waals surface area contributed by atoms with Crippen LogP contribution in [0, 0.1) is 29.1 Å². The number of rotatable bonds is 5. The van der Waals surface area contributed by atoms with E-state index in [0.29, 0.717) is 11.1 Å². The quantitative estimate of drug-likeness (QED) is 0.207. The van der Waals surface area contributed by atoms with Crippen LogP contribution in [0.3, 0.4) is 0 Å². The minimum absolute atomic E-state index is 0.216. The molecule has 0 bridgehead atoms. The van der Waals surface area contributed by atoms with E-state index >= 15 is 0 Å². The number of fused-ring (bicyclic) bond motifs is 2. The highest BCUT2D eigenvalue weighted by Gasteiger charge is 2.36. The van der Waals surface area contributed by atoms with Gasteiger partial charge in [-0.2, -0.15) is 0 Å². The van der Waals surface area contributed by atoms with Gasteiger partial charge >= 0.3 is 0 Å². The molecule has 0 spiro atoms. The summed E-state index contributed by atoms with van der Waals surface area (Å²) in [5.74, 6) is -9.94. The van der Waals surface area contributed by atoms with Gasteiger partial charge < -0.3 is 9.47 Å². The lowest BCUT2D eigenvalue weighted by molar-refractivity contribution is -0.0462. The number of ether oxygens (including phenoxy) is 2. The van der Waals surface area contributed by atoms with E-state index in [1.165, 1.54) is 0 Å². The van der Waals surface area contributed by atoms with Gasteiger partial charge in [0.05, 0.1) is 0 Å².